The van der Waals surface area contributed by atoms with Gasteiger partial charge < -0.3 is 5.41 Å². The van der Waals surface area contributed by atoms with Crippen LogP contribution in [0.4, 0.5) is 0 Å². The molecule has 0 aliphatic carbocycles. The normalized spacial score (nSPS) is 12.8. The van der Waals surface area contributed by atoms with Gasteiger partial charge in [-0.25, -0.2) is 0 Å². The van der Waals surface area contributed by atoms with E-state index < -0.39 is 0 Å². The minimum atomic E-state index is -0.170. The lowest BCUT2D eigenvalue weighted by atomic mass is 10.0. The summed E-state index contributed by atoms with van der Waals surface area (Å²) in [5.41, 5.74) is 0.137. The maximum atomic E-state index is 10.5. The summed E-state index contributed by atoms with van der Waals surface area (Å²) in [4.78, 5) is 10.5. The lowest BCUT2D eigenvalue weighted by Crippen LogP contribution is -2.17. The highest BCUT2D eigenvalue weighted by Crippen LogP contribution is 2.01. The monoisotopic (exact) mass is 126 g/mol. The topological polar surface area (TPSA) is 40.9 Å². The molecule has 1 atom stereocenters. The molecule has 0 aromatic heterocycles. The molecular weight excluding hydrogens is 114 g/mol. The number of Topliss-reactive ketones (excluding diaryl/α,β-unsaturated/α-hetero) is 1. The first-order chi connectivity index (χ1) is 4.09. The van der Waals surface area contributed by atoms with E-state index in [2.05, 4.69) is 6.92 Å². The molecule has 0 aliphatic heterocycles. The molecule has 0 saturated carbocycles. The third-order valence-electron chi connectivity index (χ3n) is 1.28. The van der Waals surface area contributed by atoms with Crippen molar-refractivity contribution < 1.29 is 4.79 Å². The first-order valence-electron chi connectivity index (χ1n) is 3.02. The summed E-state index contributed by atoms with van der Waals surface area (Å²) >= 11 is 0. The van der Waals surface area contributed by atoms with Crippen LogP contribution in [0.25, 0.3) is 0 Å². The molecule has 1 radical (unpaired) electrons. The first-order valence-corrected chi connectivity index (χ1v) is 3.02. The van der Waals surface area contributed by atoms with Crippen LogP contribution in [0.1, 0.15) is 20.3 Å². The Hall–Kier alpha value is -0.660. The highest BCUT2D eigenvalue weighted by molar-refractivity contribution is 6.38. The number of hydrogen-bond donors (Lipinski definition) is 1. The summed E-state index contributed by atoms with van der Waals surface area (Å²) in [6.07, 6.45) is 0.762. The second-order valence-electron chi connectivity index (χ2n) is 2.08. The average molecular weight is 126 g/mol. The summed E-state index contributed by atoms with van der Waals surface area (Å²) in [5.74, 6) is -0.292. The minimum Gasteiger partial charge on any atom is -0.301 e. The van der Waals surface area contributed by atoms with Crippen molar-refractivity contribution in [2.45, 2.75) is 20.3 Å². The molecule has 51 valence electrons. The highest BCUT2D eigenvalue weighted by Gasteiger charge is 2.09. The molecule has 0 heterocycles. The van der Waals surface area contributed by atoms with E-state index in [9.17, 15) is 4.79 Å². The van der Waals surface area contributed by atoms with Crippen LogP contribution in [-0.4, -0.2) is 11.5 Å². The zero-order valence-corrected chi connectivity index (χ0v) is 5.90. The summed E-state index contributed by atoms with van der Waals surface area (Å²) in [6, 6.07) is 0. The Morgan fingerprint density at radius 2 is 2.22 bits per heavy atom. The van der Waals surface area contributed by atoms with Crippen LogP contribution in [0, 0.1) is 18.3 Å². The molecule has 0 aliphatic rings. The van der Waals surface area contributed by atoms with Gasteiger partial charge in [0.05, 0.1) is 5.71 Å². The van der Waals surface area contributed by atoms with Crippen molar-refractivity contribution in [1.82, 2.24) is 0 Å². The van der Waals surface area contributed by atoms with Crippen LogP contribution in [0.5, 0.6) is 0 Å². The van der Waals surface area contributed by atoms with Crippen LogP contribution in [0.15, 0.2) is 0 Å². The fourth-order valence-electron chi connectivity index (χ4n) is 0.492. The van der Waals surface area contributed by atoms with Crippen molar-refractivity contribution in [3.8, 4) is 0 Å². The minimum absolute atomic E-state index is 0.123. The molecule has 0 fully saturated rings. The van der Waals surface area contributed by atoms with Gasteiger partial charge >= 0.3 is 0 Å². The maximum Gasteiger partial charge on any atom is 0.173 e. The van der Waals surface area contributed by atoms with Gasteiger partial charge in [-0.3, -0.25) is 4.79 Å². The largest absolute Gasteiger partial charge is 0.301 e. The van der Waals surface area contributed by atoms with Gasteiger partial charge in [-0.05, 0) is 13.3 Å². The van der Waals surface area contributed by atoms with Gasteiger partial charge in [0.1, 0.15) is 0 Å². The Morgan fingerprint density at radius 1 is 1.78 bits per heavy atom. The maximum absolute atomic E-state index is 10.5. The fourth-order valence-corrected chi connectivity index (χ4v) is 0.492. The second kappa shape index (κ2) is 3.38. The van der Waals surface area contributed by atoms with Crippen LogP contribution >= 0.6 is 0 Å². The smallest absolute Gasteiger partial charge is 0.173 e. The van der Waals surface area contributed by atoms with Gasteiger partial charge in [0.2, 0.25) is 0 Å². The summed E-state index contributed by atoms with van der Waals surface area (Å²) < 4.78 is 0. The van der Waals surface area contributed by atoms with Crippen molar-refractivity contribution in [3.05, 3.63) is 6.92 Å². The molecule has 0 saturated heterocycles. The Labute approximate surface area is 55.8 Å². The van der Waals surface area contributed by atoms with Crippen LogP contribution in [0.2, 0.25) is 0 Å². The van der Waals surface area contributed by atoms with Gasteiger partial charge in [-0.1, -0.05) is 6.92 Å². The molecule has 0 spiro atoms. The Balaban J connectivity index is 3.88. The van der Waals surface area contributed by atoms with Crippen molar-refractivity contribution >= 4 is 11.5 Å². The SMILES string of the molecule is [CH2][C@@H](CC)C(=N)C(C)=O. The molecule has 1 N–H and O–H groups in total. The predicted molar refractivity (Wildman–Crippen MR) is 37.5 cm³/mol. The van der Waals surface area contributed by atoms with Crippen LogP contribution in [-0.2, 0) is 4.79 Å². The number of rotatable bonds is 3. The van der Waals surface area contributed by atoms with Gasteiger partial charge in [-0.15, -0.1) is 0 Å². The van der Waals surface area contributed by atoms with Crippen LogP contribution in [0.3, 0.4) is 0 Å². The summed E-state index contributed by atoms with van der Waals surface area (Å²) in [5, 5.41) is 7.14. The molecule has 2 nitrogen and oxygen atoms in total. The second-order valence-corrected chi connectivity index (χ2v) is 2.08. The lowest BCUT2D eigenvalue weighted by molar-refractivity contribution is -0.111. The number of hydrogen-bond acceptors (Lipinski definition) is 2. The molecular formula is C7H12NO. The van der Waals surface area contributed by atoms with E-state index in [4.69, 9.17) is 5.41 Å². The van der Waals surface area contributed by atoms with Crippen molar-refractivity contribution in [2.24, 2.45) is 5.92 Å². The summed E-state index contributed by atoms with van der Waals surface area (Å²) in [6.45, 7) is 6.94. The van der Waals surface area contributed by atoms with E-state index in [0.717, 1.165) is 6.42 Å². The van der Waals surface area contributed by atoms with Crippen molar-refractivity contribution in [3.63, 3.8) is 0 Å². The number of carbonyl (C=O) groups excluding carboxylic acids is 1. The van der Waals surface area contributed by atoms with E-state index in [1.807, 2.05) is 6.92 Å². The molecule has 0 unspecified atom stereocenters. The molecule has 0 aromatic carbocycles. The first kappa shape index (κ1) is 8.34. The van der Waals surface area contributed by atoms with E-state index >= 15 is 0 Å². The average Bonchev–Trinajstić information content (AvgIpc) is 1.84. The molecule has 0 aromatic rings. The third kappa shape index (κ3) is 2.40. The van der Waals surface area contributed by atoms with E-state index in [1.165, 1.54) is 6.92 Å². The third-order valence-corrected chi connectivity index (χ3v) is 1.28. The highest BCUT2D eigenvalue weighted by atomic mass is 16.1. The zero-order chi connectivity index (χ0) is 7.44. The zero-order valence-electron chi connectivity index (χ0n) is 5.90. The number of carbonyl (C=O) groups is 1. The number of nitrogens with one attached hydrogen (secondary N) is 1. The Kier molecular flexibility index (Phi) is 3.13. The molecule has 0 rings (SSSR count). The molecule has 2 heteroatoms. The lowest BCUT2D eigenvalue weighted by Gasteiger charge is -2.04. The van der Waals surface area contributed by atoms with Crippen LogP contribution < -0.4 is 0 Å². The predicted octanol–water partition coefficient (Wildman–Crippen LogP) is 1.46. The number of ketones is 1. The Morgan fingerprint density at radius 3 is 2.33 bits per heavy atom. The van der Waals surface area contributed by atoms with Gasteiger partial charge in [0, 0.05) is 12.8 Å². The quantitative estimate of drug-likeness (QED) is 0.571. The standard InChI is InChI=1S/C7H12NO/c1-4-5(2)7(8)6(3)9/h5,8H,2,4H2,1,3H3/t5-/m0/s1. The fraction of sp³-hybridized carbons (Fsp3) is 0.571. The molecule has 0 amide bonds. The molecule has 9 heavy (non-hydrogen) atoms. The Bertz CT molecular complexity index is 129. The van der Waals surface area contributed by atoms with Crippen molar-refractivity contribution in [1.29, 1.82) is 5.41 Å². The van der Waals surface area contributed by atoms with E-state index in [-0.39, 0.29) is 17.4 Å². The van der Waals surface area contributed by atoms with E-state index in [1.54, 1.807) is 0 Å². The van der Waals surface area contributed by atoms with Gasteiger partial charge in [0.25, 0.3) is 0 Å². The van der Waals surface area contributed by atoms with Crippen molar-refractivity contribution in [2.75, 3.05) is 0 Å². The summed E-state index contributed by atoms with van der Waals surface area (Å²) in [7, 11) is 0. The van der Waals surface area contributed by atoms with Gasteiger partial charge in [0.15, 0.2) is 5.78 Å². The van der Waals surface area contributed by atoms with E-state index in [0.29, 0.717) is 0 Å². The van der Waals surface area contributed by atoms with Gasteiger partial charge in [-0.2, -0.15) is 0 Å². The molecule has 0 bridgehead atoms.